The van der Waals surface area contributed by atoms with E-state index in [2.05, 4.69) is 20.1 Å². The second kappa shape index (κ2) is 4.48. The Morgan fingerprint density at radius 3 is 2.88 bits per heavy atom. The number of hydrogen-bond acceptors (Lipinski definition) is 6. The minimum absolute atomic E-state index is 0.501. The maximum Gasteiger partial charge on any atom is 0.186 e. The second-order valence-corrected chi connectivity index (χ2v) is 4.25. The number of thioether (sulfide) groups is 1. The number of aryl methyl sites for hydroxylation is 2. The third kappa shape index (κ3) is 2.48. The predicted molar refractivity (Wildman–Crippen MR) is 61.7 cm³/mol. The molecule has 16 heavy (non-hydrogen) atoms. The average molecular weight is 236 g/mol. The highest BCUT2D eigenvalue weighted by Crippen LogP contribution is 2.18. The molecule has 0 radical (unpaired) electrons. The molecule has 0 aliphatic rings. The first kappa shape index (κ1) is 10.9. The molecule has 2 aromatic heterocycles. The van der Waals surface area contributed by atoms with Crippen LogP contribution in [-0.2, 0) is 12.8 Å². The van der Waals surface area contributed by atoms with Crippen LogP contribution in [0.4, 0.5) is 5.82 Å². The van der Waals surface area contributed by atoms with Gasteiger partial charge in [0.05, 0.1) is 5.75 Å². The molecule has 0 saturated carbocycles. The van der Waals surface area contributed by atoms with E-state index >= 15 is 0 Å². The lowest BCUT2D eigenvalue weighted by Crippen LogP contribution is -2.01. The molecule has 0 aliphatic heterocycles. The van der Waals surface area contributed by atoms with Gasteiger partial charge in [-0.1, -0.05) is 11.8 Å². The van der Waals surface area contributed by atoms with Crippen LogP contribution in [0.5, 0.6) is 0 Å². The van der Waals surface area contributed by atoms with Gasteiger partial charge < -0.3 is 5.73 Å². The van der Waals surface area contributed by atoms with Crippen molar-refractivity contribution in [2.24, 2.45) is 7.05 Å². The van der Waals surface area contributed by atoms with Crippen LogP contribution >= 0.6 is 11.8 Å². The molecular formula is C9H12N6S. The Morgan fingerprint density at radius 1 is 1.44 bits per heavy atom. The van der Waals surface area contributed by atoms with Crippen molar-refractivity contribution in [3.63, 3.8) is 0 Å². The molecule has 0 amide bonds. The monoisotopic (exact) mass is 236 g/mol. The molecule has 0 spiro atoms. The van der Waals surface area contributed by atoms with E-state index in [4.69, 9.17) is 5.73 Å². The topological polar surface area (TPSA) is 82.5 Å². The lowest BCUT2D eigenvalue weighted by Gasteiger charge is -2.02. The molecular weight excluding hydrogens is 224 g/mol. The van der Waals surface area contributed by atoms with Gasteiger partial charge in [-0.2, -0.15) is 5.10 Å². The third-order valence-electron chi connectivity index (χ3n) is 1.92. The molecule has 7 heteroatoms. The minimum atomic E-state index is 0.501. The molecule has 2 heterocycles. The average Bonchev–Trinajstić information content (AvgIpc) is 2.59. The van der Waals surface area contributed by atoms with Crippen molar-refractivity contribution in [3.05, 3.63) is 23.9 Å². The van der Waals surface area contributed by atoms with E-state index in [1.54, 1.807) is 10.7 Å². The number of rotatable bonds is 3. The van der Waals surface area contributed by atoms with Crippen molar-refractivity contribution < 1.29 is 0 Å². The Morgan fingerprint density at radius 2 is 2.25 bits per heavy atom. The van der Waals surface area contributed by atoms with Gasteiger partial charge in [0.2, 0.25) is 0 Å². The molecule has 2 aromatic rings. The number of nitrogens with two attached hydrogens (primary N) is 1. The molecule has 0 fully saturated rings. The number of aromatic nitrogens is 5. The normalized spacial score (nSPS) is 10.6. The molecule has 2 rings (SSSR count). The van der Waals surface area contributed by atoms with Crippen LogP contribution in [0.2, 0.25) is 0 Å². The van der Waals surface area contributed by atoms with Crippen molar-refractivity contribution in [2.75, 3.05) is 5.73 Å². The summed E-state index contributed by atoms with van der Waals surface area (Å²) in [6.45, 7) is 1.90. The van der Waals surface area contributed by atoms with Gasteiger partial charge in [0.1, 0.15) is 18.0 Å². The Labute approximate surface area is 97.3 Å². The van der Waals surface area contributed by atoms with Crippen LogP contribution in [0.25, 0.3) is 0 Å². The zero-order valence-electron chi connectivity index (χ0n) is 9.08. The summed E-state index contributed by atoms with van der Waals surface area (Å²) < 4.78 is 1.71. The molecule has 0 aromatic carbocycles. The summed E-state index contributed by atoms with van der Waals surface area (Å²) in [7, 11) is 1.85. The zero-order chi connectivity index (χ0) is 11.5. The highest BCUT2D eigenvalue weighted by atomic mass is 32.2. The molecule has 0 saturated heterocycles. The Hall–Kier alpha value is -1.63. The fourth-order valence-electron chi connectivity index (χ4n) is 1.27. The summed E-state index contributed by atoms with van der Waals surface area (Å²) in [5, 5.41) is 4.82. The third-order valence-corrected chi connectivity index (χ3v) is 2.95. The minimum Gasteiger partial charge on any atom is -0.384 e. The van der Waals surface area contributed by atoms with Gasteiger partial charge in [0, 0.05) is 18.8 Å². The smallest absolute Gasteiger partial charge is 0.186 e. The van der Waals surface area contributed by atoms with Gasteiger partial charge in [-0.25, -0.2) is 19.6 Å². The fourth-order valence-corrected chi connectivity index (χ4v) is 2.01. The number of anilines is 1. The van der Waals surface area contributed by atoms with Crippen LogP contribution in [0, 0.1) is 6.92 Å². The number of nitrogen functional groups attached to an aromatic ring is 1. The van der Waals surface area contributed by atoms with Crippen LogP contribution in [-0.4, -0.2) is 24.7 Å². The Balaban J connectivity index is 2.07. The van der Waals surface area contributed by atoms with E-state index in [-0.39, 0.29) is 0 Å². The molecule has 0 unspecified atom stereocenters. The first-order chi connectivity index (χ1) is 7.65. The maximum absolute atomic E-state index is 5.64. The maximum atomic E-state index is 5.64. The SMILES string of the molecule is Cc1cc(N)nc(CSc2ncnn2C)n1. The van der Waals surface area contributed by atoms with E-state index in [1.165, 1.54) is 18.1 Å². The van der Waals surface area contributed by atoms with Gasteiger partial charge in [0.15, 0.2) is 5.16 Å². The first-order valence-electron chi connectivity index (χ1n) is 4.72. The summed E-state index contributed by atoms with van der Waals surface area (Å²) >= 11 is 1.53. The number of hydrogen-bond donors (Lipinski definition) is 1. The van der Waals surface area contributed by atoms with E-state index in [0.717, 1.165) is 10.9 Å². The van der Waals surface area contributed by atoms with Gasteiger partial charge in [0.25, 0.3) is 0 Å². The first-order valence-corrected chi connectivity index (χ1v) is 5.70. The molecule has 84 valence electrons. The molecule has 6 nitrogen and oxygen atoms in total. The van der Waals surface area contributed by atoms with Gasteiger partial charge in [-0.3, -0.25) is 0 Å². The predicted octanol–water partition coefficient (Wildman–Crippen LogP) is 0.788. The van der Waals surface area contributed by atoms with Crippen molar-refractivity contribution in [2.45, 2.75) is 17.8 Å². The molecule has 0 bridgehead atoms. The van der Waals surface area contributed by atoms with E-state index in [0.29, 0.717) is 17.4 Å². The van der Waals surface area contributed by atoms with Crippen molar-refractivity contribution >= 4 is 17.6 Å². The Kier molecular flexibility index (Phi) is 3.04. The highest BCUT2D eigenvalue weighted by Gasteiger charge is 2.05. The van der Waals surface area contributed by atoms with Crippen LogP contribution in [0.3, 0.4) is 0 Å². The lowest BCUT2D eigenvalue weighted by molar-refractivity contribution is 0.685. The fraction of sp³-hybridized carbons (Fsp3) is 0.333. The summed E-state index contributed by atoms with van der Waals surface area (Å²) in [5.74, 6) is 1.85. The summed E-state index contributed by atoms with van der Waals surface area (Å²) in [6.07, 6.45) is 1.52. The van der Waals surface area contributed by atoms with E-state index in [9.17, 15) is 0 Å². The van der Waals surface area contributed by atoms with Gasteiger partial charge in [-0.15, -0.1) is 0 Å². The zero-order valence-corrected chi connectivity index (χ0v) is 9.90. The van der Waals surface area contributed by atoms with Crippen LogP contribution in [0.1, 0.15) is 11.5 Å². The van der Waals surface area contributed by atoms with Gasteiger partial charge >= 0.3 is 0 Å². The molecule has 0 atom stereocenters. The van der Waals surface area contributed by atoms with Crippen LogP contribution in [0.15, 0.2) is 17.6 Å². The van der Waals surface area contributed by atoms with E-state index in [1.807, 2.05) is 14.0 Å². The largest absolute Gasteiger partial charge is 0.384 e. The molecule has 2 N–H and O–H groups in total. The van der Waals surface area contributed by atoms with Crippen molar-refractivity contribution in [1.29, 1.82) is 0 Å². The summed E-state index contributed by atoms with van der Waals surface area (Å²) in [6, 6.07) is 1.75. The lowest BCUT2D eigenvalue weighted by atomic mass is 10.4. The standard InChI is InChI=1S/C9H12N6S/c1-6-3-7(10)14-8(13-6)4-16-9-11-5-12-15(9)2/h3,5H,4H2,1-2H3,(H2,10,13,14). The summed E-state index contributed by atoms with van der Waals surface area (Å²) in [4.78, 5) is 12.5. The summed E-state index contributed by atoms with van der Waals surface area (Å²) in [5.41, 5.74) is 6.52. The highest BCUT2D eigenvalue weighted by molar-refractivity contribution is 7.98. The van der Waals surface area contributed by atoms with Crippen molar-refractivity contribution in [3.8, 4) is 0 Å². The number of nitrogens with zero attached hydrogens (tertiary/aromatic N) is 5. The van der Waals surface area contributed by atoms with Crippen molar-refractivity contribution in [1.82, 2.24) is 24.7 Å². The Bertz CT molecular complexity index is 474. The molecule has 0 aliphatic carbocycles. The second-order valence-electron chi connectivity index (χ2n) is 3.31. The van der Waals surface area contributed by atoms with Crippen LogP contribution < -0.4 is 5.73 Å². The van der Waals surface area contributed by atoms with E-state index < -0.39 is 0 Å². The quantitative estimate of drug-likeness (QED) is 0.793. The van der Waals surface area contributed by atoms with Gasteiger partial charge in [-0.05, 0) is 6.92 Å².